The zero-order valence-electron chi connectivity index (χ0n) is 17.7. The fourth-order valence-corrected chi connectivity index (χ4v) is 5.09. The predicted molar refractivity (Wildman–Crippen MR) is 118 cm³/mol. The van der Waals surface area contributed by atoms with Gasteiger partial charge >= 0.3 is 6.03 Å². The number of anilines is 1. The Morgan fingerprint density at radius 2 is 1.72 bits per heavy atom. The Morgan fingerprint density at radius 1 is 1.03 bits per heavy atom. The van der Waals surface area contributed by atoms with Crippen molar-refractivity contribution in [3.63, 3.8) is 0 Å². The number of nitrogens with zero attached hydrogens (tertiary/aromatic N) is 2. The number of likely N-dealkylation sites (tertiary alicyclic amines) is 1. The van der Waals surface area contributed by atoms with E-state index < -0.39 is 0 Å². The van der Waals surface area contributed by atoms with Crippen molar-refractivity contribution in [1.29, 1.82) is 0 Å². The minimum Gasteiger partial charge on any atom is -0.493 e. The number of rotatable bonds is 6. The summed E-state index contributed by atoms with van der Waals surface area (Å²) in [5.74, 6) is 3.66. The molecule has 2 aliphatic rings. The molecule has 2 aliphatic heterocycles. The van der Waals surface area contributed by atoms with Gasteiger partial charge in [0.05, 0.1) is 33.1 Å². The quantitative estimate of drug-likeness (QED) is 0.755. The number of carbonyl (C=O) groups is 1. The molecule has 0 bridgehead atoms. The van der Waals surface area contributed by atoms with Crippen molar-refractivity contribution in [2.75, 3.05) is 64.3 Å². The van der Waals surface area contributed by atoms with Gasteiger partial charge in [-0.05, 0) is 38.1 Å². The summed E-state index contributed by atoms with van der Waals surface area (Å²) in [5, 5.41) is 3.05. The molecule has 1 aromatic carbocycles. The number of piperidine rings is 1. The average Bonchev–Trinajstić information content (AvgIpc) is 2.99. The lowest BCUT2D eigenvalue weighted by molar-refractivity contribution is 0.151. The van der Waals surface area contributed by atoms with E-state index in [4.69, 9.17) is 14.2 Å². The van der Waals surface area contributed by atoms with Crippen molar-refractivity contribution in [2.24, 2.45) is 0 Å². The lowest BCUT2D eigenvalue weighted by Gasteiger charge is -2.35. The summed E-state index contributed by atoms with van der Waals surface area (Å²) in [5.41, 5.74) is 0.637. The summed E-state index contributed by atoms with van der Waals surface area (Å²) >= 11 is 1.95. The normalized spacial score (nSPS) is 20.7. The monoisotopic (exact) mass is 423 g/mol. The van der Waals surface area contributed by atoms with E-state index in [-0.39, 0.29) is 12.1 Å². The van der Waals surface area contributed by atoms with Crippen LogP contribution in [0, 0.1) is 0 Å². The van der Waals surface area contributed by atoms with E-state index in [2.05, 4.69) is 10.2 Å². The Bertz CT molecular complexity index is 657. The number of benzene rings is 1. The maximum atomic E-state index is 13.2. The van der Waals surface area contributed by atoms with Crippen LogP contribution >= 0.6 is 11.8 Å². The lowest BCUT2D eigenvalue weighted by atomic mass is 10.1. The molecule has 2 amide bonds. The lowest BCUT2D eigenvalue weighted by Crippen LogP contribution is -2.50. The van der Waals surface area contributed by atoms with E-state index in [0.29, 0.717) is 22.9 Å². The second kappa shape index (κ2) is 10.8. The number of thioether (sulfide) groups is 1. The Balaban J connectivity index is 1.74. The molecule has 0 saturated carbocycles. The summed E-state index contributed by atoms with van der Waals surface area (Å²) in [6.45, 7) is 4.02. The average molecular weight is 424 g/mol. The first-order chi connectivity index (χ1) is 14.2. The minimum absolute atomic E-state index is 0.0659. The van der Waals surface area contributed by atoms with Crippen molar-refractivity contribution < 1.29 is 19.0 Å². The third-order valence-electron chi connectivity index (χ3n) is 5.53. The fraction of sp³-hybridized carbons (Fsp3) is 0.667. The number of carbonyl (C=O) groups excluding carboxylic acids is 1. The van der Waals surface area contributed by atoms with Crippen LogP contribution in [0.1, 0.15) is 25.7 Å². The summed E-state index contributed by atoms with van der Waals surface area (Å²) in [6.07, 6.45) is 4.86. The van der Waals surface area contributed by atoms with Gasteiger partial charge in [-0.25, -0.2) is 4.79 Å². The highest BCUT2D eigenvalue weighted by Crippen LogP contribution is 2.40. The zero-order chi connectivity index (χ0) is 20.6. The molecule has 1 aromatic rings. The van der Waals surface area contributed by atoms with Crippen LogP contribution in [0.5, 0.6) is 17.2 Å². The molecule has 3 rings (SSSR count). The van der Waals surface area contributed by atoms with Gasteiger partial charge in [-0.15, -0.1) is 0 Å². The molecular weight excluding hydrogens is 390 g/mol. The van der Waals surface area contributed by atoms with Crippen molar-refractivity contribution in [1.82, 2.24) is 9.80 Å². The molecular formula is C21H33N3O4S. The van der Waals surface area contributed by atoms with Gasteiger partial charge in [0, 0.05) is 31.0 Å². The summed E-state index contributed by atoms with van der Waals surface area (Å²) < 4.78 is 16.2. The minimum atomic E-state index is -0.0659. The molecule has 0 radical (unpaired) electrons. The highest BCUT2D eigenvalue weighted by molar-refractivity contribution is 7.99. The van der Waals surface area contributed by atoms with Crippen LogP contribution in [0.2, 0.25) is 0 Å². The first-order valence-corrected chi connectivity index (χ1v) is 11.5. The van der Waals surface area contributed by atoms with Crippen LogP contribution in [0.3, 0.4) is 0 Å². The highest BCUT2D eigenvalue weighted by Gasteiger charge is 2.28. The molecule has 0 aromatic heterocycles. The molecule has 29 heavy (non-hydrogen) atoms. The topological polar surface area (TPSA) is 63.3 Å². The molecule has 1 unspecified atom stereocenters. The van der Waals surface area contributed by atoms with Gasteiger partial charge in [0.1, 0.15) is 0 Å². The van der Waals surface area contributed by atoms with E-state index in [1.807, 2.05) is 16.7 Å². The van der Waals surface area contributed by atoms with Crippen molar-refractivity contribution in [2.45, 2.75) is 31.7 Å². The summed E-state index contributed by atoms with van der Waals surface area (Å²) in [4.78, 5) is 17.7. The molecule has 162 valence electrons. The van der Waals surface area contributed by atoms with Crippen LogP contribution < -0.4 is 19.5 Å². The second-order valence-corrected chi connectivity index (χ2v) is 8.63. The largest absolute Gasteiger partial charge is 0.493 e. The second-order valence-electron chi connectivity index (χ2n) is 7.48. The standard InChI is InChI=1S/C21H33N3O4S/c1-26-18-12-16(13-19(27-2)20(18)28-3)22-21(25)24-10-7-11-29-15-17(24)14-23-8-5-4-6-9-23/h12-13,17H,4-11,14-15H2,1-3H3,(H,22,25). The van der Waals surface area contributed by atoms with Gasteiger partial charge in [0.25, 0.3) is 0 Å². The van der Waals surface area contributed by atoms with E-state index in [1.54, 1.807) is 33.5 Å². The van der Waals surface area contributed by atoms with Crippen molar-refractivity contribution in [3.05, 3.63) is 12.1 Å². The van der Waals surface area contributed by atoms with Gasteiger partial charge in [0.15, 0.2) is 11.5 Å². The fourth-order valence-electron chi connectivity index (χ4n) is 4.04. The number of urea groups is 1. The molecule has 2 fully saturated rings. The Kier molecular flexibility index (Phi) is 8.18. The number of nitrogens with one attached hydrogen (secondary N) is 1. The summed E-state index contributed by atoms with van der Waals surface area (Å²) in [7, 11) is 4.71. The van der Waals surface area contributed by atoms with E-state index in [9.17, 15) is 4.79 Å². The molecule has 2 heterocycles. The van der Waals surface area contributed by atoms with Crippen molar-refractivity contribution in [3.8, 4) is 17.2 Å². The van der Waals surface area contributed by atoms with Crippen LogP contribution in [0.4, 0.5) is 10.5 Å². The third-order valence-corrected chi connectivity index (χ3v) is 6.73. The first-order valence-electron chi connectivity index (χ1n) is 10.3. The van der Waals surface area contributed by atoms with Crippen molar-refractivity contribution >= 4 is 23.5 Å². The van der Waals surface area contributed by atoms with E-state index >= 15 is 0 Å². The first kappa shape index (κ1) is 21.9. The SMILES string of the molecule is COc1cc(NC(=O)N2CCCSCC2CN2CCCCC2)cc(OC)c1OC. The maximum Gasteiger partial charge on any atom is 0.322 e. The zero-order valence-corrected chi connectivity index (χ0v) is 18.6. The van der Waals surface area contributed by atoms with Gasteiger partial charge in [-0.2, -0.15) is 11.8 Å². The number of hydrogen-bond donors (Lipinski definition) is 1. The Morgan fingerprint density at radius 3 is 2.34 bits per heavy atom. The third kappa shape index (κ3) is 5.63. The molecule has 7 nitrogen and oxygen atoms in total. The molecule has 8 heteroatoms. The van der Waals surface area contributed by atoms with Gasteiger partial charge in [0.2, 0.25) is 5.75 Å². The maximum absolute atomic E-state index is 13.2. The van der Waals surface area contributed by atoms with Crippen LogP contribution in [-0.2, 0) is 0 Å². The van der Waals surface area contributed by atoms with Crippen LogP contribution in [-0.4, -0.2) is 80.9 Å². The van der Waals surface area contributed by atoms with E-state index in [1.165, 1.54) is 19.3 Å². The molecule has 2 saturated heterocycles. The molecule has 1 atom stereocenters. The molecule has 0 aliphatic carbocycles. The predicted octanol–water partition coefficient (Wildman–Crippen LogP) is 3.54. The van der Waals surface area contributed by atoms with Gasteiger partial charge in [-0.3, -0.25) is 0 Å². The summed E-state index contributed by atoms with van der Waals surface area (Å²) in [6, 6.07) is 3.70. The number of hydrogen-bond acceptors (Lipinski definition) is 6. The van der Waals surface area contributed by atoms with Crippen LogP contribution in [0.15, 0.2) is 12.1 Å². The highest BCUT2D eigenvalue weighted by atomic mass is 32.2. The number of ether oxygens (including phenoxy) is 3. The number of methoxy groups -OCH3 is 3. The molecule has 1 N–H and O–H groups in total. The van der Waals surface area contributed by atoms with Crippen LogP contribution in [0.25, 0.3) is 0 Å². The Hall–Kier alpha value is -1.80. The van der Waals surface area contributed by atoms with E-state index in [0.717, 1.165) is 44.1 Å². The smallest absolute Gasteiger partial charge is 0.322 e. The Labute approximate surface area is 178 Å². The van der Waals surface area contributed by atoms with Gasteiger partial charge in [-0.1, -0.05) is 6.42 Å². The number of amides is 2. The molecule has 0 spiro atoms. The van der Waals surface area contributed by atoms with Gasteiger partial charge < -0.3 is 29.3 Å².